The van der Waals surface area contributed by atoms with Crippen LogP contribution in [0, 0.1) is 6.92 Å². The van der Waals surface area contributed by atoms with Crippen molar-refractivity contribution in [2.24, 2.45) is 0 Å². The van der Waals surface area contributed by atoms with Crippen LogP contribution in [0.1, 0.15) is 23.7 Å². The maximum Gasteiger partial charge on any atom is 0.0940 e. The molecule has 3 heteroatoms. The number of hydrogen-bond acceptors (Lipinski definition) is 3. The molecule has 1 atom stereocenters. The Bertz CT molecular complexity index is 195. The van der Waals surface area contributed by atoms with Gasteiger partial charge in [-0.1, -0.05) is 0 Å². The molecule has 0 fully saturated rings. The van der Waals surface area contributed by atoms with Crippen LogP contribution in [0.2, 0.25) is 0 Å². The molecule has 0 saturated carbocycles. The first kappa shape index (κ1) is 6.71. The second kappa shape index (κ2) is 2.45. The Morgan fingerprint density at radius 1 is 1.78 bits per heavy atom. The monoisotopic (exact) mass is 143 g/mol. The molecule has 0 spiro atoms. The Morgan fingerprint density at radius 3 is 2.67 bits per heavy atom. The summed E-state index contributed by atoms with van der Waals surface area (Å²) >= 11 is 1.56. The largest absolute Gasteiger partial charge is 0.387 e. The van der Waals surface area contributed by atoms with Crippen molar-refractivity contribution in [2.75, 3.05) is 0 Å². The molecule has 1 aromatic heterocycles. The van der Waals surface area contributed by atoms with E-state index in [1.807, 2.05) is 12.3 Å². The van der Waals surface area contributed by atoms with Gasteiger partial charge in [0.05, 0.1) is 16.8 Å². The third-order valence-corrected chi connectivity index (χ3v) is 1.86. The average Bonchev–Trinajstić information content (AvgIpc) is 2.14. The molecule has 1 heterocycles. The summed E-state index contributed by atoms with van der Waals surface area (Å²) in [5.41, 5.74) is 0.775. The van der Waals surface area contributed by atoms with Gasteiger partial charge >= 0.3 is 0 Å². The summed E-state index contributed by atoms with van der Waals surface area (Å²) in [6.45, 7) is 3.64. The van der Waals surface area contributed by atoms with Crippen molar-refractivity contribution in [3.63, 3.8) is 0 Å². The van der Waals surface area contributed by atoms with Gasteiger partial charge in [0.1, 0.15) is 0 Å². The Labute approximate surface area is 58.2 Å². The maximum atomic E-state index is 8.98. The summed E-state index contributed by atoms with van der Waals surface area (Å²) in [7, 11) is 0. The second-order valence-electron chi connectivity index (χ2n) is 1.97. The highest BCUT2D eigenvalue weighted by molar-refractivity contribution is 7.09. The van der Waals surface area contributed by atoms with E-state index in [9.17, 15) is 0 Å². The number of aliphatic hydroxyl groups is 1. The van der Waals surface area contributed by atoms with E-state index >= 15 is 0 Å². The summed E-state index contributed by atoms with van der Waals surface area (Å²) < 4.78 is 0. The van der Waals surface area contributed by atoms with E-state index in [1.165, 1.54) is 0 Å². The van der Waals surface area contributed by atoms with E-state index in [0.29, 0.717) is 0 Å². The van der Waals surface area contributed by atoms with Crippen LogP contribution in [0.15, 0.2) is 5.38 Å². The van der Waals surface area contributed by atoms with E-state index in [1.54, 1.807) is 18.3 Å². The Balaban J connectivity index is 2.85. The van der Waals surface area contributed by atoms with Crippen LogP contribution >= 0.6 is 11.3 Å². The van der Waals surface area contributed by atoms with E-state index in [-0.39, 0.29) is 0 Å². The number of aliphatic hydroxyl groups excluding tert-OH is 1. The lowest BCUT2D eigenvalue weighted by molar-refractivity contribution is 0.195. The van der Waals surface area contributed by atoms with Crippen LogP contribution in [0.4, 0.5) is 0 Å². The number of nitrogens with zero attached hydrogens (tertiary/aromatic N) is 1. The molecule has 2 nitrogen and oxygen atoms in total. The molecule has 0 aromatic carbocycles. The fourth-order valence-electron chi connectivity index (χ4n) is 0.572. The van der Waals surface area contributed by atoms with Crippen molar-refractivity contribution in [1.82, 2.24) is 4.98 Å². The van der Waals surface area contributed by atoms with Gasteiger partial charge in [-0.15, -0.1) is 11.3 Å². The zero-order chi connectivity index (χ0) is 6.85. The van der Waals surface area contributed by atoms with Crippen molar-refractivity contribution in [3.05, 3.63) is 16.1 Å². The van der Waals surface area contributed by atoms with Crippen LogP contribution in [-0.4, -0.2) is 10.1 Å². The highest BCUT2D eigenvalue weighted by Crippen LogP contribution is 2.14. The molecule has 9 heavy (non-hydrogen) atoms. The van der Waals surface area contributed by atoms with Gasteiger partial charge in [0.25, 0.3) is 0 Å². The van der Waals surface area contributed by atoms with Gasteiger partial charge in [-0.3, -0.25) is 0 Å². The molecular weight excluding hydrogens is 134 g/mol. The fourth-order valence-corrected chi connectivity index (χ4v) is 1.27. The van der Waals surface area contributed by atoms with Gasteiger partial charge < -0.3 is 5.11 Å². The first-order chi connectivity index (χ1) is 4.20. The molecule has 50 valence electrons. The Morgan fingerprint density at radius 2 is 2.44 bits per heavy atom. The molecule has 1 aromatic rings. The molecule has 0 bridgehead atoms. The van der Waals surface area contributed by atoms with Crippen molar-refractivity contribution in [2.45, 2.75) is 20.0 Å². The van der Waals surface area contributed by atoms with Crippen LogP contribution in [0.25, 0.3) is 0 Å². The second-order valence-corrected chi connectivity index (χ2v) is 3.03. The van der Waals surface area contributed by atoms with Gasteiger partial charge in [0, 0.05) is 5.38 Å². The number of aromatic nitrogens is 1. The van der Waals surface area contributed by atoms with E-state index in [4.69, 9.17) is 5.11 Å². The molecule has 0 aliphatic rings. The van der Waals surface area contributed by atoms with Crippen LogP contribution < -0.4 is 0 Å². The number of rotatable bonds is 1. The number of aryl methyl sites for hydroxylation is 1. The van der Waals surface area contributed by atoms with Crippen LogP contribution in [-0.2, 0) is 0 Å². The third kappa shape index (κ3) is 1.50. The molecule has 0 aliphatic heterocycles. The van der Waals surface area contributed by atoms with Crippen LogP contribution in [0.5, 0.6) is 0 Å². The molecule has 0 aliphatic carbocycles. The SMILES string of the molecule is Cc1nc([C@H](C)O)cs1. The van der Waals surface area contributed by atoms with Gasteiger partial charge in [-0.25, -0.2) is 4.98 Å². The molecule has 0 radical (unpaired) electrons. The molecule has 0 saturated heterocycles. The Hall–Kier alpha value is -0.410. The fraction of sp³-hybridized carbons (Fsp3) is 0.500. The van der Waals surface area contributed by atoms with Gasteiger partial charge in [-0.05, 0) is 13.8 Å². The predicted molar refractivity (Wildman–Crippen MR) is 37.5 cm³/mol. The highest BCUT2D eigenvalue weighted by Gasteiger charge is 2.02. The smallest absolute Gasteiger partial charge is 0.0940 e. The average molecular weight is 143 g/mol. The highest BCUT2D eigenvalue weighted by atomic mass is 32.1. The first-order valence-electron chi connectivity index (χ1n) is 2.80. The topological polar surface area (TPSA) is 33.1 Å². The summed E-state index contributed by atoms with van der Waals surface area (Å²) in [6, 6.07) is 0. The third-order valence-electron chi connectivity index (χ3n) is 1.06. The standard InChI is InChI=1S/C6H9NOS/c1-4(8)6-3-9-5(2)7-6/h3-4,8H,1-2H3/t4-/m0/s1. The number of thiazole rings is 1. The Kier molecular flexibility index (Phi) is 1.83. The van der Waals surface area contributed by atoms with E-state index in [0.717, 1.165) is 10.7 Å². The summed E-state index contributed by atoms with van der Waals surface area (Å²) in [5, 5.41) is 11.9. The minimum atomic E-state index is -0.421. The molecule has 0 unspecified atom stereocenters. The molecular formula is C6H9NOS. The summed E-state index contributed by atoms with van der Waals surface area (Å²) in [5.74, 6) is 0. The van der Waals surface area contributed by atoms with Gasteiger partial charge in [-0.2, -0.15) is 0 Å². The zero-order valence-electron chi connectivity index (χ0n) is 5.46. The van der Waals surface area contributed by atoms with E-state index in [2.05, 4.69) is 4.98 Å². The van der Waals surface area contributed by atoms with Crippen molar-refractivity contribution in [3.8, 4) is 0 Å². The lowest BCUT2D eigenvalue weighted by Crippen LogP contribution is -1.89. The molecule has 1 N–H and O–H groups in total. The molecule has 0 amide bonds. The van der Waals surface area contributed by atoms with E-state index < -0.39 is 6.10 Å². The van der Waals surface area contributed by atoms with Gasteiger partial charge in [0.15, 0.2) is 0 Å². The minimum Gasteiger partial charge on any atom is -0.387 e. The quantitative estimate of drug-likeness (QED) is 0.646. The van der Waals surface area contributed by atoms with Crippen molar-refractivity contribution >= 4 is 11.3 Å². The lowest BCUT2D eigenvalue weighted by Gasteiger charge is -1.94. The normalized spacial score (nSPS) is 13.7. The summed E-state index contributed by atoms with van der Waals surface area (Å²) in [6.07, 6.45) is -0.421. The maximum absolute atomic E-state index is 8.98. The minimum absolute atomic E-state index is 0.421. The number of hydrogen-bond donors (Lipinski definition) is 1. The van der Waals surface area contributed by atoms with Crippen LogP contribution in [0.3, 0.4) is 0 Å². The van der Waals surface area contributed by atoms with Gasteiger partial charge in [0.2, 0.25) is 0 Å². The van der Waals surface area contributed by atoms with Crippen molar-refractivity contribution in [1.29, 1.82) is 0 Å². The first-order valence-corrected chi connectivity index (χ1v) is 3.68. The summed E-state index contributed by atoms with van der Waals surface area (Å²) in [4.78, 5) is 4.08. The lowest BCUT2D eigenvalue weighted by atomic mass is 10.3. The molecule has 1 rings (SSSR count). The predicted octanol–water partition coefficient (Wildman–Crippen LogP) is 1.50. The zero-order valence-corrected chi connectivity index (χ0v) is 6.27. The van der Waals surface area contributed by atoms with Crippen molar-refractivity contribution < 1.29 is 5.11 Å².